The highest BCUT2D eigenvalue weighted by molar-refractivity contribution is 5.68. The summed E-state index contributed by atoms with van der Waals surface area (Å²) in [5.41, 5.74) is -6.83. The molecule has 0 radical (unpaired) electrons. The number of carbonyl (C=O) groups excluding carboxylic acids is 3. The Balaban J connectivity index is 2.78. The van der Waals surface area contributed by atoms with Crippen LogP contribution in [0.15, 0.2) is 21.9 Å². The van der Waals surface area contributed by atoms with Crippen molar-refractivity contribution in [2.45, 2.75) is 44.3 Å². The number of halogens is 1. The van der Waals surface area contributed by atoms with E-state index in [4.69, 9.17) is 18.9 Å². The summed E-state index contributed by atoms with van der Waals surface area (Å²) in [4.78, 5) is 60.4. The number of carbonyl (C=O) groups is 3. The summed E-state index contributed by atoms with van der Waals surface area (Å²) in [6.45, 7) is 0.658. The average molecular weight is 427 g/mol. The molecule has 0 spiro atoms. The van der Waals surface area contributed by atoms with Crippen molar-refractivity contribution in [3.05, 3.63) is 33.1 Å². The first-order valence-corrected chi connectivity index (χ1v) is 8.49. The van der Waals surface area contributed by atoms with E-state index < -0.39 is 66.0 Å². The zero-order chi connectivity index (χ0) is 22.7. The molecule has 1 aliphatic heterocycles. The molecule has 13 heteroatoms. The number of ether oxygens (including phenoxy) is 4. The highest BCUT2D eigenvalue weighted by Gasteiger charge is 2.69. The van der Waals surface area contributed by atoms with E-state index in [2.05, 4.69) is 0 Å². The molecular formula is C17H18FN3O9. The van der Waals surface area contributed by atoms with Crippen LogP contribution in [0.4, 0.5) is 4.39 Å². The minimum absolute atomic E-state index is 0.559. The van der Waals surface area contributed by atoms with Crippen molar-refractivity contribution in [3.63, 3.8) is 0 Å². The minimum atomic E-state index is -2.57. The number of hydrogen-bond donors (Lipinski definition) is 1. The first kappa shape index (κ1) is 22.8. The largest absolute Gasteiger partial charge is 0.463 e. The van der Waals surface area contributed by atoms with Crippen LogP contribution in [0.5, 0.6) is 0 Å². The zero-order valence-corrected chi connectivity index (χ0v) is 16.2. The van der Waals surface area contributed by atoms with Gasteiger partial charge in [-0.05, 0) is 0 Å². The third-order valence-electron chi connectivity index (χ3n) is 4.21. The predicted octanol–water partition coefficient (Wildman–Crippen LogP) is -1.12. The number of aromatic nitrogens is 2. The molecule has 0 bridgehead atoms. The van der Waals surface area contributed by atoms with Gasteiger partial charge < -0.3 is 18.9 Å². The Labute approximate surface area is 168 Å². The number of rotatable bonds is 6. The molecule has 0 unspecified atom stereocenters. The molecule has 0 saturated carbocycles. The first-order chi connectivity index (χ1) is 14.0. The van der Waals surface area contributed by atoms with Gasteiger partial charge in [0.2, 0.25) is 6.10 Å². The second kappa shape index (κ2) is 8.46. The van der Waals surface area contributed by atoms with Crippen molar-refractivity contribution >= 4 is 17.9 Å². The van der Waals surface area contributed by atoms with Crippen molar-refractivity contribution in [2.75, 3.05) is 13.3 Å². The Morgan fingerprint density at radius 3 is 2.27 bits per heavy atom. The fraction of sp³-hybridized carbons (Fsp3) is 0.529. The topological polar surface area (TPSA) is 167 Å². The van der Waals surface area contributed by atoms with Gasteiger partial charge in [-0.2, -0.15) is 5.26 Å². The van der Waals surface area contributed by atoms with Crippen LogP contribution in [0.3, 0.4) is 0 Å². The zero-order valence-electron chi connectivity index (χ0n) is 16.2. The van der Waals surface area contributed by atoms with E-state index in [0.717, 1.165) is 33.0 Å². The number of hydrogen-bond acceptors (Lipinski definition) is 10. The number of nitrogens with zero attached hydrogens (tertiary/aromatic N) is 2. The molecule has 1 aliphatic rings. The Hall–Kier alpha value is -3.53. The second-order valence-electron chi connectivity index (χ2n) is 6.43. The van der Waals surface area contributed by atoms with E-state index in [1.165, 1.54) is 0 Å². The Morgan fingerprint density at radius 2 is 1.80 bits per heavy atom. The first-order valence-electron chi connectivity index (χ1n) is 8.49. The lowest BCUT2D eigenvalue weighted by Gasteiger charge is -2.30. The molecule has 0 amide bonds. The van der Waals surface area contributed by atoms with Gasteiger partial charge in [-0.25, -0.2) is 9.18 Å². The molecule has 2 heterocycles. The lowest BCUT2D eigenvalue weighted by atomic mass is 9.94. The lowest BCUT2D eigenvalue weighted by Crippen LogP contribution is -2.53. The van der Waals surface area contributed by atoms with E-state index in [1.807, 2.05) is 4.98 Å². The Kier molecular flexibility index (Phi) is 6.41. The summed E-state index contributed by atoms with van der Waals surface area (Å²) < 4.78 is 35.4. The summed E-state index contributed by atoms with van der Waals surface area (Å²) in [7, 11) is 0. The van der Waals surface area contributed by atoms with Crippen LogP contribution in [0.25, 0.3) is 0 Å². The maximum Gasteiger partial charge on any atom is 0.331 e. The van der Waals surface area contributed by atoms with Crippen molar-refractivity contribution in [3.8, 4) is 6.07 Å². The molecule has 4 atom stereocenters. The number of esters is 3. The van der Waals surface area contributed by atoms with Gasteiger partial charge in [0, 0.05) is 33.0 Å². The SMILES string of the molecule is CC(=O)OC[C@@]1(CF)O[C@@](C#N)(n2ccc(=O)[nH]c2=O)[C@H](OC(C)=O)[C@@H]1OC(C)=O. The molecule has 1 saturated heterocycles. The van der Waals surface area contributed by atoms with Crippen LogP contribution in [0.1, 0.15) is 20.8 Å². The number of H-pyrrole nitrogens is 1. The highest BCUT2D eigenvalue weighted by Crippen LogP contribution is 2.45. The summed E-state index contributed by atoms with van der Waals surface area (Å²) >= 11 is 0. The lowest BCUT2D eigenvalue weighted by molar-refractivity contribution is -0.190. The van der Waals surface area contributed by atoms with Crippen molar-refractivity contribution in [1.29, 1.82) is 5.26 Å². The van der Waals surface area contributed by atoms with Gasteiger partial charge in [0.1, 0.15) is 19.4 Å². The molecule has 12 nitrogen and oxygen atoms in total. The molecule has 30 heavy (non-hydrogen) atoms. The molecule has 0 aliphatic carbocycles. The maximum absolute atomic E-state index is 14.3. The third kappa shape index (κ3) is 4.08. The summed E-state index contributed by atoms with van der Waals surface area (Å²) in [5, 5.41) is 9.92. The molecule has 162 valence electrons. The van der Waals surface area contributed by atoms with Crippen LogP contribution in [-0.2, 0) is 39.1 Å². The van der Waals surface area contributed by atoms with Crippen molar-refractivity contribution in [1.82, 2.24) is 9.55 Å². The summed E-state index contributed by atoms with van der Waals surface area (Å²) in [6, 6.07) is 2.50. The van der Waals surface area contributed by atoms with Gasteiger partial charge in [-0.1, -0.05) is 0 Å². The van der Waals surface area contributed by atoms with Crippen LogP contribution >= 0.6 is 0 Å². The standard InChI is InChI=1S/C17H18FN3O9/c1-9(22)27-8-16(6-18)13(28-10(2)23)14(29-11(3)24)17(7-19,30-16)21-5-4-12(25)20-15(21)26/h4-5,13-14H,6,8H2,1-3H3,(H,20,25,26)/t13-,14+,16+,17+/m0/s1. The number of nitriles is 1. The molecule has 1 aromatic rings. The van der Waals surface area contributed by atoms with Gasteiger partial charge in [-0.15, -0.1) is 0 Å². The van der Waals surface area contributed by atoms with Gasteiger partial charge in [-0.3, -0.25) is 28.7 Å². The van der Waals surface area contributed by atoms with Gasteiger partial charge >= 0.3 is 23.6 Å². The monoisotopic (exact) mass is 427 g/mol. The van der Waals surface area contributed by atoms with Crippen LogP contribution in [0, 0.1) is 11.3 Å². The van der Waals surface area contributed by atoms with Gasteiger partial charge in [0.25, 0.3) is 11.3 Å². The number of alkyl halides is 1. The van der Waals surface area contributed by atoms with Crippen LogP contribution in [-0.4, -0.2) is 58.5 Å². The smallest absolute Gasteiger partial charge is 0.331 e. The van der Waals surface area contributed by atoms with Gasteiger partial charge in [0.05, 0.1) is 0 Å². The normalized spacial score (nSPS) is 27.7. The quantitative estimate of drug-likeness (QED) is 0.434. The maximum atomic E-state index is 14.3. The van der Waals surface area contributed by atoms with E-state index in [0.29, 0.717) is 4.57 Å². The Morgan fingerprint density at radius 1 is 1.20 bits per heavy atom. The number of aromatic amines is 1. The Bertz CT molecular complexity index is 1010. The summed E-state index contributed by atoms with van der Waals surface area (Å²) in [5.74, 6) is -2.77. The second-order valence-corrected chi connectivity index (χ2v) is 6.43. The van der Waals surface area contributed by atoms with Crippen LogP contribution < -0.4 is 11.2 Å². The molecule has 2 rings (SSSR count). The van der Waals surface area contributed by atoms with Crippen molar-refractivity contribution < 1.29 is 37.7 Å². The minimum Gasteiger partial charge on any atom is -0.463 e. The molecular weight excluding hydrogens is 409 g/mol. The molecule has 0 aromatic carbocycles. The third-order valence-corrected chi connectivity index (χ3v) is 4.21. The summed E-state index contributed by atoms with van der Waals surface area (Å²) in [6.07, 6.45) is -2.79. The number of nitrogens with one attached hydrogen (secondary N) is 1. The highest BCUT2D eigenvalue weighted by atomic mass is 19.1. The van der Waals surface area contributed by atoms with E-state index >= 15 is 0 Å². The van der Waals surface area contributed by atoms with E-state index in [9.17, 15) is 33.6 Å². The average Bonchev–Trinajstić information content (AvgIpc) is 2.90. The fourth-order valence-corrected chi connectivity index (χ4v) is 3.06. The predicted molar refractivity (Wildman–Crippen MR) is 92.4 cm³/mol. The van der Waals surface area contributed by atoms with Crippen molar-refractivity contribution in [2.24, 2.45) is 0 Å². The molecule has 1 N–H and O–H groups in total. The van der Waals surface area contributed by atoms with Gasteiger partial charge in [0.15, 0.2) is 11.7 Å². The fourth-order valence-electron chi connectivity index (χ4n) is 3.06. The molecule has 1 aromatic heterocycles. The van der Waals surface area contributed by atoms with Crippen LogP contribution in [0.2, 0.25) is 0 Å². The molecule has 1 fully saturated rings. The van der Waals surface area contributed by atoms with E-state index in [-0.39, 0.29) is 0 Å². The van der Waals surface area contributed by atoms with E-state index in [1.54, 1.807) is 6.07 Å².